The Bertz CT molecular complexity index is 334. The largest absolute Gasteiger partial charge is 0.288 e. The molecule has 0 bridgehead atoms. The first kappa shape index (κ1) is 8.87. The van der Waals surface area contributed by atoms with Crippen LogP contribution in [-0.4, -0.2) is 15.4 Å². The molecule has 0 unspecified atom stereocenters. The van der Waals surface area contributed by atoms with Crippen LogP contribution in [0, 0.1) is 6.92 Å². The minimum absolute atomic E-state index is 0.184. The highest BCUT2D eigenvalue weighted by Crippen LogP contribution is 2.02. The molecule has 0 atom stereocenters. The van der Waals surface area contributed by atoms with Gasteiger partial charge in [-0.25, -0.2) is 4.21 Å². The number of rotatable bonds is 2. The number of benzene rings is 1. The van der Waals surface area contributed by atoms with Crippen LogP contribution in [0.3, 0.4) is 0 Å². The molecule has 0 aromatic heterocycles. The van der Waals surface area contributed by atoms with Crippen LogP contribution in [0.2, 0.25) is 0 Å². The molecule has 0 amide bonds. The van der Waals surface area contributed by atoms with Crippen LogP contribution in [-0.2, 0) is 11.3 Å². The summed E-state index contributed by atoms with van der Waals surface area (Å²) in [5.74, 6) is -0.227. The number of ketones is 1. The second-order valence-corrected chi connectivity index (χ2v) is 2.87. The SMILES string of the molecule is Cc1ccc(C(=O)C=S=O)cc1. The van der Waals surface area contributed by atoms with Crippen LogP contribution in [0.4, 0.5) is 0 Å². The van der Waals surface area contributed by atoms with E-state index in [4.69, 9.17) is 0 Å². The van der Waals surface area contributed by atoms with Crippen molar-refractivity contribution >= 4 is 22.4 Å². The fraction of sp³-hybridized carbons (Fsp3) is 0.111. The van der Waals surface area contributed by atoms with Crippen molar-refractivity contribution in [3.63, 3.8) is 0 Å². The predicted octanol–water partition coefficient (Wildman–Crippen LogP) is 1.19. The van der Waals surface area contributed by atoms with E-state index in [1.807, 2.05) is 19.1 Å². The quantitative estimate of drug-likeness (QED) is 0.506. The third-order valence-corrected chi connectivity index (χ3v) is 1.80. The van der Waals surface area contributed by atoms with Gasteiger partial charge >= 0.3 is 0 Å². The van der Waals surface area contributed by atoms with Crippen molar-refractivity contribution in [1.82, 2.24) is 0 Å². The molecule has 0 aliphatic rings. The highest BCUT2D eigenvalue weighted by atomic mass is 32.1. The lowest BCUT2D eigenvalue weighted by molar-refractivity contribution is 0.107. The zero-order chi connectivity index (χ0) is 8.97. The fourth-order valence-corrected chi connectivity index (χ4v) is 1.05. The molecule has 0 heterocycles. The molecule has 2 nitrogen and oxygen atoms in total. The summed E-state index contributed by atoms with van der Waals surface area (Å²) in [7, 11) is 0. The van der Waals surface area contributed by atoms with E-state index in [2.05, 4.69) is 0 Å². The minimum atomic E-state index is -0.227. The van der Waals surface area contributed by atoms with Crippen LogP contribution in [0.5, 0.6) is 0 Å². The average Bonchev–Trinajstić information content (AvgIpc) is 2.06. The van der Waals surface area contributed by atoms with Crippen LogP contribution in [0.25, 0.3) is 0 Å². The summed E-state index contributed by atoms with van der Waals surface area (Å²) in [5.41, 5.74) is 1.66. The van der Waals surface area contributed by atoms with E-state index in [1.165, 1.54) is 0 Å². The van der Waals surface area contributed by atoms with Crippen molar-refractivity contribution in [2.75, 3.05) is 0 Å². The van der Waals surface area contributed by atoms with Gasteiger partial charge in [0.1, 0.15) is 0 Å². The molecule has 12 heavy (non-hydrogen) atoms. The van der Waals surface area contributed by atoms with Gasteiger partial charge in [-0.05, 0) is 6.92 Å². The Labute approximate surface area is 74.3 Å². The Kier molecular flexibility index (Phi) is 2.94. The van der Waals surface area contributed by atoms with E-state index < -0.39 is 0 Å². The standard InChI is InChI=1S/C9H8O2S/c1-7-2-4-8(5-3-7)9(10)6-12-11/h2-6H,1H3. The summed E-state index contributed by atoms with van der Waals surface area (Å²) in [6, 6.07) is 7.11. The number of hydrogen-bond acceptors (Lipinski definition) is 2. The third-order valence-electron chi connectivity index (χ3n) is 1.49. The van der Waals surface area contributed by atoms with Crippen molar-refractivity contribution in [3.8, 4) is 0 Å². The van der Waals surface area contributed by atoms with Crippen molar-refractivity contribution in [2.24, 2.45) is 0 Å². The van der Waals surface area contributed by atoms with Crippen molar-refractivity contribution < 1.29 is 9.00 Å². The number of carbonyl (C=O) groups is 1. The first-order valence-corrected chi connectivity index (χ1v) is 4.27. The second-order valence-electron chi connectivity index (χ2n) is 2.44. The Balaban J connectivity index is 2.97. The van der Waals surface area contributed by atoms with Gasteiger partial charge in [-0.2, -0.15) is 0 Å². The van der Waals surface area contributed by atoms with Crippen molar-refractivity contribution in [1.29, 1.82) is 0 Å². The maximum Gasteiger partial charge on any atom is 0.198 e. The van der Waals surface area contributed by atoms with Gasteiger partial charge in [-0.15, -0.1) is 0 Å². The molecule has 0 aliphatic carbocycles. The lowest BCUT2D eigenvalue weighted by atomic mass is 10.1. The van der Waals surface area contributed by atoms with Gasteiger partial charge < -0.3 is 0 Å². The molecule has 1 aromatic carbocycles. The Morgan fingerprint density at radius 1 is 1.33 bits per heavy atom. The summed E-state index contributed by atoms with van der Waals surface area (Å²) >= 11 is 0.184. The molecule has 0 aliphatic heterocycles. The number of Topliss-reactive ketones (excluding diaryl/α,β-unsaturated/α-hetero) is 1. The summed E-state index contributed by atoms with van der Waals surface area (Å²) in [6.07, 6.45) is 0. The normalized spacial score (nSPS) is 9.08. The molecule has 62 valence electrons. The molecule has 0 saturated heterocycles. The van der Waals surface area contributed by atoms with Crippen LogP contribution in [0.1, 0.15) is 15.9 Å². The average molecular weight is 180 g/mol. The molecule has 0 spiro atoms. The number of carbonyl (C=O) groups excluding carboxylic acids is 1. The van der Waals surface area contributed by atoms with E-state index in [-0.39, 0.29) is 17.0 Å². The van der Waals surface area contributed by atoms with E-state index in [0.717, 1.165) is 10.9 Å². The molecule has 0 fully saturated rings. The van der Waals surface area contributed by atoms with E-state index in [1.54, 1.807) is 12.1 Å². The van der Waals surface area contributed by atoms with Gasteiger partial charge in [-0.3, -0.25) is 4.79 Å². The molecular weight excluding hydrogens is 172 g/mol. The Hall–Kier alpha value is -1.22. The smallest absolute Gasteiger partial charge is 0.198 e. The molecule has 1 rings (SSSR count). The summed E-state index contributed by atoms with van der Waals surface area (Å²) in [4.78, 5) is 11.1. The van der Waals surface area contributed by atoms with Gasteiger partial charge in [-0.1, -0.05) is 29.8 Å². The topological polar surface area (TPSA) is 34.1 Å². The van der Waals surface area contributed by atoms with Gasteiger partial charge in [0.05, 0.1) is 16.6 Å². The van der Waals surface area contributed by atoms with Crippen LogP contribution in [0.15, 0.2) is 24.3 Å². The van der Waals surface area contributed by atoms with Gasteiger partial charge in [0.25, 0.3) is 0 Å². The molecule has 0 N–H and O–H groups in total. The highest BCUT2D eigenvalue weighted by Gasteiger charge is 1.99. The van der Waals surface area contributed by atoms with Crippen LogP contribution < -0.4 is 0 Å². The highest BCUT2D eigenvalue weighted by molar-refractivity contribution is 7.66. The maximum atomic E-state index is 11.1. The molecule has 1 aromatic rings. The van der Waals surface area contributed by atoms with E-state index >= 15 is 0 Å². The summed E-state index contributed by atoms with van der Waals surface area (Å²) in [5, 5.41) is 1.06. The number of hydrogen-bond donors (Lipinski definition) is 0. The monoisotopic (exact) mass is 180 g/mol. The fourth-order valence-electron chi connectivity index (χ4n) is 0.830. The lowest BCUT2D eigenvalue weighted by Crippen LogP contribution is -1.99. The molecule has 0 radical (unpaired) electrons. The molecule has 0 saturated carbocycles. The summed E-state index contributed by atoms with van der Waals surface area (Å²) < 4.78 is 10.0. The first-order chi connectivity index (χ1) is 5.74. The Morgan fingerprint density at radius 3 is 2.42 bits per heavy atom. The zero-order valence-corrected chi connectivity index (χ0v) is 7.43. The van der Waals surface area contributed by atoms with Crippen molar-refractivity contribution in [3.05, 3.63) is 35.4 Å². The molecular formula is C9H8O2S. The predicted molar refractivity (Wildman–Crippen MR) is 49.7 cm³/mol. The maximum absolute atomic E-state index is 11.1. The van der Waals surface area contributed by atoms with E-state index in [9.17, 15) is 9.00 Å². The van der Waals surface area contributed by atoms with Gasteiger partial charge in [0.2, 0.25) is 0 Å². The van der Waals surface area contributed by atoms with E-state index in [0.29, 0.717) is 5.56 Å². The Morgan fingerprint density at radius 2 is 1.92 bits per heavy atom. The molecule has 3 heteroatoms. The van der Waals surface area contributed by atoms with Crippen LogP contribution >= 0.6 is 0 Å². The minimum Gasteiger partial charge on any atom is -0.288 e. The lowest BCUT2D eigenvalue weighted by Gasteiger charge is -1.94. The number of aryl methyl sites for hydroxylation is 1. The summed E-state index contributed by atoms with van der Waals surface area (Å²) in [6.45, 7) is 1.94. The first-order valence-electron chi connectivity index (χ1n) is 3.47. The van der Waals surface area contributed by atoms with Gasteiger partial charge in [0, 0.05) is 5.56 Å². The van der Waals surface area contributed by atoms with Crippen molar-refractivity contribution in [2.45, 2.75) is 6.92 Å². The second kappa shape index (κ2) is 3.97. The van der Waals surface area contributed by atoms with Gasteiger partial charge in [0.15, 0.2) is 5.78 Å². The third kappa shape index (κ3) is 2.13. The zero-order valence-electron chi connectivity index (χ0n) is 6.61.